The van der Waals surface area contributed by atoms with Crippen LogP contribution in [0, 0.1) is 5.92 Å². The SMILES string of the molecule is Oc1c(-c2nn[nH]n2)sc(-c2cccc(NCC3CCCCC3)c2)c1Cl. The first kappa shape index (κ1) is 17.3. The third kappa shape index (κ3) is 3.54. The Bertz CT molecular complexity index is 874. The second-order valence-electron chi connectivity index (χ2n) is 6.62. The van der Waals surface area contributed by atoms with Crippen LogP contribution in [0.25, 0.3) is 21.1 Å². The zero-order valence-corrected chi connectivity index (χ0v) is 15.8. The van der Waals surface area contributed by atoms with Crippen LogP contribution in [0.5, 0.6) is 5.75 Å². The van der Waals surface area contributed by atoms with Crippen LogP contribution in [0.15, 0.2) is 24.3 Å². The van der Waals surface area contributed by atoms with Gasteiger partial charge in [-0.3, -0.25) is 0 Å². The molecule has 3 aromatic rings. The maximum absolute atomic E-state index is 10.3. The number of aromatic amines is 1. The molecule has 2 aromatic heterocycles. The number of tetrazole rings is 1. The molecule has 1 aliphatic rings. The molecular formula is C18H20ClN5OS. The van der Waals surface area contributed by atoms with Gasteiger partial charge in [0.2, 0.25) is 5.82 Å². The van der Waals surface area contributed by atoms with E-state index in [0.717, 1.165) is 28.6 Å². The third-order valence-electron chi connectivity index (χ3n) is 4.82. The fraction of sp³-hybridized carbons (Fsp3) is 0.389. The van der Waals surface area contributed by atoms with E-state index in [1.165, 1.54) is 43.4 Å². The molecule has 1 aromatic carbocycles. The molecule has 0 atom stereocenters. The van der Waals surface area contributed by atoms with Crippen molar-refractivity contribution in [1.82, 2.24) is 20.6 Å². The number of rotatable bonds is 5. The average molecular weight is 390 g/mol. The molecule has 2 heterocycles. The van der Waals surface area contributed by atoms with Gasteiger partial charge in [-0.25, -0.2) is 0 Å². The van der Waals surface area contributed by atoms with E-state index in [1.54, 1.807) is 0 Å². The fourth-order valence-corrected chi connectivity index (χ4v) is 4.81. The monoisotopic (exact) mass is 389 g/mol. The number of nitrogens with one attached hydrogen (secondary N) is 2. The molecule has 6 nitrogen and oxygen atoms in total. The Balaban J connectivity index is 1.55. The lowest BCUT2D eigenvalue weighted by molar-refractivity contribution is 0.373. The number of thiophene rings is 1. The maximum atomic E-state index is 10.3. The maximum Gasteiger partial charge on any atom is 0.218 e. The number of benzene rings is 1. The first-order chi connectivity index (χ1) is 12.7. The second kappa shape index (κ2) is 7.63. The van der Waals surface area contributed by atoms with Crippen molar-refractivity contribution in [2.75, 3.05) is 11.9 Å². The third-order valence-corrected chi connectivity index (χ3v) is 6.52. The molecular weight excluding hydrogens is 370 g/mol. The first-order valence-electron chi connectivity index (χ1n) is 8.81. The lowest BCUT2D eigenvalue weighted by Crippen LogP contribution is -2.17. The smallest absolute Gasteiger partial charge is 0.218 e. The van der Waals surface area contributed by atoms with Gasteiger partial charge >= 0.3 is 0 Å². The van der Waals surface area contributed by atoms with Crippen molar-refractivity contribution in [2.45, 2.75) is 32.1 Å². The van der Waals surface area contributed by atoms with Gasteiger partial charge in [-0.2, -0.15) is 5.21 Å². The summed E-state index contributed by atoms with van der Waals surface area (Å²) < 4.78 is 0. The Labute approximate surface area is 160 Å². The highest BCUT2D eigenvalue weighted by Gasteiger charge is 2.21. The summed E-state index contributed by atoms with van der Waals surface area (Å²) >= 11 is 7.73. The summed E-state index contributed by atoms with van der Waals surface area (Å²) in [4.78, 5) is 1.31. The predicted octanol–water partition coefficient (Wildman–Crippen LogP) is 4.95. The van der Waals surface area contributed by atoms with Gasteiger partial charge in [-0.1, -0.05) is 43.0 Å². The number of nitrogens with zero attached hydrogens (tertiary/aromatic N) is 3. The van der Waals surface area contributed by atoms with Crippen molar-refractivity contribution < 1.29 is 5.11 Å². The summed E-state index contributed by atoms with van der Waals surface area (Å²) in [5.74, 6) is 1.09. The first-order valence-corrected chi connectivity index (χ1v) is 10.0. The summed E-state index contributed by atoms with van der Waals surface area (Å²) in [7, 11) is 0. The van der Waals surface area contributed by atoms with Gasteiger partial charge in [0.05, 0.1) is 4.88 Å². The number of H-pyrrole nitrogens is 1. The van der Waals surface area contributed by atoms with Crippen LogP contribution in [-0.4, -0.2) is 32.3 Å². The summed E-state index contributed by atoms with van der Waals surface area (Å²) in [5.41, 5.74) is 2.02. The number of hydrogen-bond acceptors (Lipinski definition) is 6. The molecule has 0 bridgehead atoms. The molecule has 0 spiro atoms. The molecule has 0 radical (unpaired) electrons. The molecule has 8 heteroatoms. The van der Waals surface area contributed by atoms with Crippen LogP contribution < -0.4 is 5.32 Å². The lowest BCUT2D eigenvalue weighted by atomic mass is 9.89. The predicted molar refractivity (Wildman–Crippen MR) is 105 cm³/mol. The zero-order chi connectivity index (χ0) is 17.9. The second-order valence-corrected chi connectivity index (χ2v) is 8.02. The molecule has 0 saturated heterocycles. The highest BCUT2D eigenvalue weighted by molar-refractivity contribution is 7.20. The Morgan fingerprint density at radius 2 is 2.08 bits per heavy atom. The molecule has 4 rings (SSSR count). The number of anilines is 1. The van der Waals surface area contributed by atoms with Crippen molar-refractivity contribution in [3.05, 3.63) is 29.3 Å². The molecule has 1 aliphatic carbocycles. The minimum atomic E-state index is -0.00589. The average Bonchev–Trinajstić information content (AvgIpc) is 3.31. The summed E-state index contributed by atoms with van der Waals surface area (Å²) in [6.45, 7) is 1.00. The number of aromatic nitrogens is 4. The van der Waals surface area contributed by atoms with Crippen LogP contribution in [0.3, 0.4) is 0 Å². The minimum absolute atomic E-state index is 0.00589. The fourth-order valence-electron chi connectivity index (χ4n) is 3.42. The van der Waals surface area contributed by atoms with Crippen LogP contribution in [0.2, 0.25) is 5.02 Å². The number of halogens is 1. The number of aromatic hydroxyl groups is 1. The molecule has 1 fully saturated rings. The zero-order valence-electron chi connectivity index (χ0n) is 14.2. The van der Waals surface area contributed by atoms with Crippen molar-refractivity contribution in [2.24, 2.45) is 5.92 Å². The van der Waals surface area contributed by atoms with E-state index in [4.69, 9.17) is 11.6 Å². The Kier molecular flexibility index (Phi) is 5.08. The molecule has 0 amide bonds. The Morgan fingerprint density at radius 1 is 1.23 bits per heavy atom. The van der Waals surface area contributed by atoms with Crippen molar-refractivity contribution in [3.63, 3.8) is 0 Å². The van der Waals surface area contributed by atoms with Crippen molar-refractivity contribution in [1.29, 1.82) is 0 Å². The molecule has 0 unspecified atom stereocenters. The molecule has 26 heavy (non-hydrogen) atoms. The van der Waals surface area contributed by atoms with Gasteiger partial charge in [0.15, 0.2) is 5.75 Å². The largest absolute Gasteiger partial charge is 0.505 e. The molecule has 3 N–H and O–H groups in total. The molecule has 136 valence electrons. The van der Waals surface area contributed by atoms with Gasteiger partial charge in [0, 0.05) is 12.2 Å². The Hall–Kier alpha value is -2.12. The normalized spacial score (nSPS) is 15.3. The van der Waals surface area contributed by atoms with E-state index in [0.29, 0.717) is 15.7 Å². The number of hydrogen-bond donors (Lipinski definition) is 3. The van der Waals surface area contributed by atoms with E-state index >= 15 is 0 Å². The van der Waals surface area contributed by atoms with E-state index in [1.807, 2.05) is 12.1 Å². The van der Waals surface area contributed by atoms with Crippen molar-refractivity contribution >= 4 is 28.6 Å². The lowest BCUT2D eigenvalue weighted by Gasteiger charge is -2.22. The molecule has 0 aliphatic heterocycles. The van der Waals surface area contributed by atoms with Gasteiger partial charge in [0.25, 0.3) is 0 Å². The summed E-state index contributed by atoms with van der Waals surface area (Å²) in [6, 6.07) is 8.12. The van der Waals surface area contributed by atoms with E-state index in [9.17, 15) is 5.11 Å². The summed E-state index contributed by atoms with van der Waals surface area (Å²) in [6.07, 6.45) is 6.68. The standard InChI is InChI=1S/C18H20ClN5OS/c19-14-15(25)17(18-21-23-24-22-18)26-16(14)12-7-4-8-13(9-12)20-10-11-5-2-1-3-6-11/h4,7-9,11,20,25H,1-3,5-6,10H2,(H,21,22,23,24). The van der Waals surface area contributed by atoms with Gasteiger partial charge < -0.3 is 10.4 Å². The summed E-state index contributed by atoms with van der Waals surface area (Å²) in [5, 5.41) is 28.0. The highest BCUT2D eigenvalue weighted by Crippen LogP contribution is 2.48. The minimum Gasteiger partial charge on any atom is -0.505 e. The van der Waals surface area contributed by atoms with Gasteiger partial charge in [-0.05, 0) is 41.7 Å². The van der Waals surface area contributed by atoms with Crippen LogP contribution in [0.4, 0.5) is 5.69 Å². The van der Waals surface area contributed by atoms with Gasteiger partial charge in [-0.15, -0.1) is 21.5 Å². The van der Waals surface area contributed by atoms with E-state index < -0.39 is 0 Å². The quantitative estimate of drug-likeness (QED) is 0.574. The van der Waals surface area contributed by atoms with Crippen molar-refractivity contribution in [3.8, 4) is 26.9 Å². The van der Waals surface area contributed by atoms with E-state index in [2.05, 4.69) is 38.1 Å². The van der Waals surface area contributed by atoms with Crippen LogP contribution in [-0.2, 0) is 0 Å². The van der Waals surface area contributed by atoms with Crippen LogP contribution in [0.1, 0.15) is 32.1 Å². The van der Waals surface area contributed by atoms with E-state index in [-0.39, 0.29) is 5.75 Å². The van der Waals surface area contributed by atoms with Gasteiger partial charge in [0.1, 0.15) is 9.90 Å². The molecule has 1 saturated carbocycles. The Morgan fingerprint density at radius 3 is 2.85 bits per heavy atom. The highest BCUT2D eigenvalue weighted by atomic mass is 35.5. The topological polar surface area (TPSA) is 86.7 Å². The van der Waals surface area contributed by atoms with Crippen LogP contribution >= 0.6 is 22.9 Å².